The van der Waals surface area contributed by atoms with Crippen LogP contribution in [0, 0.1) is 0 Å². The second-order valence-corrected chi connectivity index (χ2v) is 5.59. The van der Waals surface area contributed by atoms with Gasteiger partial charge in [0.1, 0.15) is 11.5 Å². The van der Waals surface area contributed by atoms with Crippen molar-refractivity contribution >= 4 is 22.1 Å². The van der Waals surface area contributed by atoms with E-state index in [1.807, 2.05) is 12.1 Å². The van der Waals surface area contributed by atoms with E-state index in [1.54, 1.807) is 23.7 Å². The predicted molar refractivity (Wildman–Crippen MR) is 72.7 cm³/mol. The van der Waals surface area contributed by atoms with Crippen LogP contribution in [0.2, 0.25) is 0 Å². The first-order valence-electron chi connectivity index (χ1n) is 6.03. The minimum atomic E-state index is 0.760. The zero-order valence-corrected chi connectivity index (χ0v) is 10.6. The van der Waals surface area contributed by atoms with E-state index in [2.05, 4.69) is 14.4 Å². The Balaban J connectivity index is 1.99. The van der Waals surface area contributed by atoms with Crippen LogP contribution in [0.4, 0.5) is 5.82 Å². The maximum atomic E-state index is 6.28. The van der Waals surface area contributed by atoms with Crippen molar-refractivity contribution < 1.29 is 0 Å². The van der Waals surface area contributed by atoms with Gasteiger partial charge in [0, 0.05) is 28.5 Å². The number of aromatic nitrogens is 3. The van der Waals surface area contributed by atoms with Crippen LogP contribution in [0.3, 0.4) is 0 Å². The van der Waals surface area contributed by atoms with Gasteiger partial charge in [0.25, 0.3) is 0 Å². The maximum absolute atomic E-state index is 6.28. The summed E-state index contributed by atoms with van der Waals surface area (Å²) in [4.78, 5) is 11.2. The van der Waals surface area contributed by atoms with Gasteiger partial charge in [-0.2, -0.15) is 0 Å². The van der Waals surface area contributed by atoms with E-state index in [-0.39, 0.29) is 0 Å². The van der Waals surface area contributed by atoms with Gasteiger partial charge in [-0.15, -0.1) is 11.3 Å². The van der Waals surface area contributed by atoms with Crippen molar-refractivity contribution in [3.8, 4) is 11.3 Å². The number of nitrogens with zero attached hydrogens (tertiary/aromatic N) is 3. The summed E-state index contributed by atoms with van der Waals surface area (Å²) < 4.78 is 2.13. The lowest BCUT2D eigenvalue weighted by Gasteiger charge is -2.00. The first-order chi connectivity index (χ1) is 8.84. The Morgan fingerprint density at radius 3 is 2.89 bits per heavy atom. The SMILES string of the molecule is Nc1c(-c2ccncc2)nc2sc3c(n12)CCC3. The Morgan fingerprint density at radius 1 is 1.22 bits per heavy atom. The van der Waals surface area contributed by atoms with Crippen molar-refractivity contribution in [3.05, 3.63) is 35.1 Å². The highest BCUT2D eigenvalue weighted by Crippen LogP contribution is 2.36. The third kappa shape index (κ3) is 1.25. The zero-order valence-electron chi connectivity index (χ0n) is 9.76. The van der Waals surface area contributed by atoms with Gasteiger partial charge in [-0.1, -0.05) is 0 Å². The van der Waals surface area contributed by atoms with Crippen molar-refractivity contribution in [3.63, 3.8) is 0 Å². The number of thiazole rings is 1. The molecule has 3 heterocycles. The predicted octanol–water partition coefficient (Wildman–Crippen LogP) is 2.53. The number of nitrogen functional groups attached to an aromatic ring is 1. The molecular formula is C13H12N4S. The quantitative estimate of drug-likeness (QED) is 0.728. The molecule has 4 rings (SSSR count). The molecule has 1 aliphatic rings. The largest absolute Gasteiger partial charge is 0.383 e. The number of fused-ring (bicyclic) bond motifs is 3. The summed E-state index contributed by atoms with van der Waals surface area (Å²) in [7, 11) is 0. The lowest BCUT2D eigenvalue weighted by atomic mass is 10.2. The smallest absolute Gasteiger partial charge is 0.196 e. The Bertz CT molecular complexity index is 726. The molecule has 2 N–H and O–H groups in total. The number of anilines is 1. The number of hydrogen-bond donors (Lipinski definition) is 1. The van der Waals surface area contributed by atoms with E-state index in [0.717, 1.165) is 28.5 Å². The highest BCUT2D eigenvalue weighted by atomic mass is 32.1. The topological polar surface area (TPSA) is 56.2 Å². The molecule has 0 radical (unpaired) electrons. The molecule has 3 aromatic heterocycles. The van der Waals surface area contributed by atoms with Gasteiger partial charge in [-0.25, -0.2) is 4.98 Å². The highest BCUT2D eigenvalue weighted by molar-refractivity contribution is 7.17. The molecule has 0 saturated carbocycles. The van der Waals surface area contributed by atoms with E-state index in [4.69, 9.17) is 5.73 Å². The van der Waals surface area contributed by atoms with E-state index < -0.39 is 0 Å². The zero-order chi connectivity index (χ0) is 12.1. The van der Waals surface area contributed by atoms with Crippen molar-refractivity contribution in [1.29, 1.82) is 0 Å². The molecule has 1 aliphatic carbocycles. The molecule has 0 spiro atoms. The number of nitrogens with two attached hydrogens (primary N) is 1. The monoisotopic (exact) mass is 256 g/mol. The van der Waals surface area contributed by atoms with Crippen LogP contribution in [-0.2, 0) is 12.8 Å². The highest BCUT2D eigenvalue weighted by Gasteiger charge is 2.22. The molecule has 0 atom stereocenters. The Morgan fingerprint density at radius 2 is 2.06 bits per heavy atom. The van der Waals surface area contributed by atoms with E-state index >= 15 is 0 Å². The molecule has 0 aliphatic heterocycles. The van der Waals surface area contributed by atoms with Gasteiger partial charge in [0.15, 0.2) is 4.96 Å². The molecule has 0 saturated heterocycles. The van der Waals surface area contributed by atoms with Gasteiger partial charge in [0.05, 0.1) is 0 Å². The van der Waals surface area contributed by atoms with Gasteiger partial charge in [0.2, 0.25) is 0 Å². The van der Waals surface area contributed by atoms with Crippen LogP contribution >= 0.6 is 11.3 Å². The average molecular weight is 256 g/mol. The van der Waals surface area contributed by atoms with Crippen molar-refractivity contribution in [2.24, 2.45) is 0 Å². The summed E-state index contributed by atoms with van der Waals surface area (Å²) in [5.74, 6) is 0.760. The second kappa shape index (κ2) is 3.55. The summed E-state index contributed by atoms with van der Waals surface area (Å²) in [5, 5.41) is 0. The summed E-state index contributed by atoms with van der Waals surface area (Å²) in [6.07, 6.45) is 7.07. The molecule has 0 unspecified atom stereocenters. The third-order valence-corrected chi connectivity index (χ3v) is 4.60. The number of rotatable bonds is 1. The van der Waals surface area contributed by atoms with Crippen LogP contribution in [0.15, 0.2) is 24.5 Å². The normalized spacial score (nSPS) is 14.2. The summed E-state index contributed by atoms with van der Waals surface area (Å²) in [6, 6.07) is 3.89. The van der Waals surface area contributed by atoms with Gasteiger partial charge in [-0.05, 0) is 31.4 Å². The molecule has 4 nitrogen and oxygen atoms in total. The Hall–Kier alpha value is -1.88. The summed E-state index contributed by atoms with van der Waals surface area (Å²) in [6.45, 7) is 0. The van der Waals surface area contributed by atoms with Crippen LogP contribution in [0.5, 0.6) is 0 Å². The maximum Gasteiger partial charge on any atom is 0.196 e. The summed E-state index contributed by atoms with van der Waals surface area (Å²) in [5.41, 5.74) is 9.54. The van der Waals surface area contributed by atoms with Gasteiger partial charge in [-0.3, -0.25) is 9.38 Å². The minimum absolute atomic E-state index is 0.760. The first kappa shape index (κ1) is 10.1. The van der Waals surface area contributed by atoms with Crippen LogP contribution < -0.4 is 5.73 Å². The van der Waals surface area contributed by atoms with Crippen LogP contribution in [0.25, 0.3) is 16.2 Å². The lowest BCUT2D eigenvalue weighted by Crippen LogP contribution is -1.96. The van der Waals surface area contributed by atoms with Gasteiger partial charge < -0.3 is 5.73 Å². The number of aryl methyl sites for hydroxylation is 2. The fourth-order valence-electron chi connectivity index (χ4n) is 2.62. The third-order valence-electron chi connectivity index (χ3n) is 3.46. The van der Waals surface area contributed by atoms with E-state index in [1.165, 1.54) is 23.4 Å². The van der Waals surface area contributed by atoms with Crippen LogP contribution in [0.1, 0.15) is 17.0 Å². The van der Waals surface area contributed by atoms with Crippen molar-refractivity contribution in [2.45, 2.75) is 19.3 Å². The Kier molecular flexibility index (Phi) is 1.99. The number of imidazole rings is 1. The van der Waals surface area contributed by atoms with Gasteiger partial charge >= 0.3 is 0 Å². The molecule has 5 heteroatoms. The summed E-state index contributed by atoms with van der Waals surface area (Å²) >= 11 is 1.77. The van der Waals surface area contributed by atoms with Crippen molar-refractivity contribution in [1.82, 2.24) is 14.4 Å². The minimum Gasteiger partial charge on any atom is -0.383 e. The molecule has 0 amide bonds. The lowest BCUT2D eigenvalue weighted by molar-refractivity contribution is 0.890. The average Bonchev–Trinajstić information content (AvgIpc) is 3.02. The van der Waals surface area contributed by atoms with Crippen LogP contribution in [-0.4, -0.2) is 14.4 Å². The molecule has 18 heavy (non-hydrogen) atoms. The second-order valence-electron chi connectivity index (χ2n) is 4.53. The number of hydrogen-bond acceptors (Lipinski definition) is 4. The van der Waals surface area contributed by atoms with Crippen molar-refractivity contribution in [2.75, 3.05) is 5.73 Å². The molecule has 3 aromatic rings. The Labute approximate surface area is 108 Å². The fraction of sp³-hybridized carbons (Fsp3) is 0.231. The molecular weight excluding hydrogens is 244 g/mol. The molecule has 0 aromatic carbocycles. The molecule has 0 fully saturated rings. The standard InChI is InChI=1S/C13H12N4S/c14-12-11(8-4-6-15-7-5-8)16-13-17(12)9-2-1-3-10(9)18-13/h4-7H,1-3,14H2. The molecule has 90 valence electrons. The molecule has 0 bridgehead atoms. The van der Waals surface area contributed by atoms with E-state index in [9.17, 15) is 0 Å². The fourth-order valence-corrected chi connectivity index (χ4v) is 3.83. The van der Waals surface area contributed by atoms with E-state index in [0.29, 0.717) is 0 Å². The first-order valence-corrected chi connectivity index (χ1v) is 6.85. The number of pyridine rings is 1.